The molecule has 1 aromatic heterocycles. The number of hydrogen-bond acceptors (Lipinski definition) is 5. The average Bonchev–Trinajstić information content (AvgIpc) is 3.13. The van der Waals surface area contributed by atoms with Gasteiger partial charge < -0.3 is 15.0 Å². The Hall–Kier alpha value is -2.13. The number of nitriles is 1. The first-order chi connectivity index (χ1) is 11.3. The van der Waals surface area contributed by atoms with Gasteiger partial charge in [0.1, 0.15) is 11.9 Å². The van der Waals surface area contributed by atoms with Crippen molar-refractivity contribution in [2.24, 2.45) is 5.92 Å². The summed E-state index contributed by atoms with van der Waals surface area (Å²) in [7, 11) is 0. The zero-order chi connectivity index (χ0) is 16.1. The highest BCUT2D eigenvalue weighted by molar-refractivity contribution is 5.79. The van der Waals surface area contributed by atoms with Crippen molar-refractivity contribution in [2.75, 3.05) is 31.1 Å². The van der Waals surface area contributed by atoms with Crippen LogP contribution >= 0.6 is 0 Å². The molecule has 3 rings (SSSR count). The number of piperidine rings is 1. The minimum absolute atomic E-state index is 0.0434. The summed E-state index contributed by atoms with van der Waals surface area (Å²) in [5.74, 6) is 0.900. The monoisotopic (exact) mass is 314 g/mol. The fourth-order valence-electron chi connectivity index (χ4n) is 3.25. The van der Waals surface area contributed by atoms with Crippen LogP contribution < -0.4 is 10.2 Å². The first-order valence-electron chi connectivity index (χ1n) is 8.27. The van der Waals surface area contributed by atoms with Gasteiger partial charge in [0.15, 0.2) is 0 Å². The quantitative estimate of drug-likeness (QED) is 0.910. The average molecular weight is 314 g/mol. The van der Waals surface area contributed by atoms with Gasteiger partial charge in [0.25, 0.3) is 0 Å². The van der Waals surface area contributed by atoms with Crippen molar-refractivity contribution in [3.8, 4) is 6.07 Å². The van der Waals surface area contributed by atoms with Gasteiger partial charge in [-0.15, -0.1) is 0 Å². The number of nitrogens with zero attached hydrogens (tertiary/aromatic N) is 3. The van der Waals surface area contributed by atoms with E-state index in [1.165, 1.54) is 0 Å². The normalized spacial score (nSPS) is 21.9. The molecule has 0 bridgehead atoms. The Balaban J connectivity index is 1.50. The Kier molecular flexibility index (Phi) is 5.09. The second-order valence-electron chi connectivity index (χ2n) is 6.13. The van der Waals surface area contributed by atoms with Crippen molar-refractivity contribution < 1.29 is 9.53 Å². The molecule has 1 aromatic rings. The van der Waals surface area contributed by atoms with Crippen LogP contribution in [0, 0.1) is 17.2 Å². The third-order valence-corrected chi connectivity index (χ3v) is 4.60. The molecule has 0 saturated carbocycles. The van der Waals surface area contributed by atoms with Crippen molar-refractivity contribution in [1.82, 2.24) is 10.3 Å². The Labute approximate surface area is 136 Å². The van der Waals surface area contributed by atoms with Crippen molar-refractivity contribution in [3.63, 3.8) is 0 Å². The number of hydrogen-bond donors (Lipinski definition) is 1. The van der Waals surface area contributed by atoms with Crippen molar-refractivity contribution in [1.29, 1.82) is 5.26 Å². The summed E-state index contributed by atoms with van der Waals surface area (Å²) < 4.78 is 5.53. The molecule has 2 fully saturated rings. The molecule has 1 amide bonds. The minimum Gasteiger partial charge on any atom is -0.376 e. The van der Waals surface area contributed by atoms with Crippen molar-refractivity contribution >= 4 is 11.7 Å². The molecular formula is C17H22N4O2. The largest absolute Gasteiger partial charge is 0.376 e. The second-order valence-corrected chi connectivity index (χ2v) is 6.13. The van der Waals surface area contributed by atoms with E-state index in [9.17, 15) is 10.1 Å². The molecule has 6 heteroatoms. The third kappa shape index (κ3) is 3.80. The SMILES string of the molecule is N#Cc1cccnc1N1CCC(C(=O)NCC2CCCO2)CC1. The van der Waals surface area contributed by atoms with E-state index in [1.54, 1.807) is 18.3 Å². The maximum Gasteiger partial charge on any atom is 0.223 e. The second kappa shape index (κ2) is 7.42. The first-order valence-corrected chi connectivity index (χ1v) is 8.27. The minimum atomic E-state index is 0.0434. The number of aromatic nitrogens is 1. The number of pyridine rings is 1. The van der Waals surface area contributed by atoms with Gasteiger partial charge in [0.05, 0.1) is 11.7 Å². The molecule has 122 valence electrons. The summed E-state index contributed by atoms with van der Waals surface area (Å²) in [5, 5.41) is 12.2. The zero-order valence-corrected chi connectivity index (χ0v) is 13.2. The summed E-state index contributed by atoms with van der Waals surface area (Å²) in [6.45, 7) is 2.94. The molecule has 2 saturated heterocycles. The zero-order valence-electron chi connectivity index (χ0n) is 13.2. The fraction of sp³-hybridized carbons (Fsp3) is 0.588. The Morgan fingerprint density at radius 2 is 2.26 bits per heavy atom. The molecule has 0 spiro atoms. The van der Waals surface area contributed by atoms with Gasteiger partial charge in [-0.05, 0) is 37.8 Å². The summed E-state index contributed by atoms with van der Waals surface area (Å²) in [5.41, 5.74) is 0.591. The van der Waals surface area contributed by atoms with Crippen LogP contribution in [0.1, 0.15) is 31.2 Å². The topological polar surface area (TPSA) is 78.2 Å². The molecule has 1 N–H and O–H groups in total. The molecule has 2 aliphatic heterocycles. The number of carbonyl (C=O) groups excluding carboxylic acids is 1. The van der Waals surface area contributed by atoms with Gasteiger partial charge in [-0.1, -0.05) is 0 Å². The number of rotatable bonds is 4. The lowest BCUT2D eigenvalue weighted by molar-refractivity contribution is -0.126. The van der Waals surface area contributed by atoms with Gasteiger partial charge in [-0.2, -0.15) is 5.26 Å². The van der Waals surface area contributed by atoms with Crippen LogP contribution in [-0.2, 0) is 9.53 Å². The van der Waals surface area contributed by atoms with Crippen LogP contribution in [0.4, 0.5) is 5.82 Å². The predicted molar refractivity (Wildman–Crippen MR) is 85.9 cm³/mol. The number of amides is 1. The van der Waals surface area contributed by atoms with Crippen LogP contribution in [-0.4, -0.2) is 43.2 Å². The van der Waals surface area contributed by atoms with Crippen molar-refractivity contribution in [2.45, 2.75) is 31.8 Å². The molecule has 23 heavy (non-hydrogen) atoms. The lowest BCUT2D eigenvalue weighted by Crippen LogP contribution is -2.42. The summed E-state index contributed by atoms with van der Waals surface area (Å²) >= 11 is 0. The highest BCUT2D eigenvalue weighted by Crippen LogP contribution is 2.24. The summed E-state index contributed by atoms with van der Waals surface area (Å²) in [6, 6.07) is 5.73. The van der Waals surface area contributed by atoms with Crippen LogP contribution in [0.25, 0.3) is 0 Å². The van der Waals surface area contributed by atoms with E-state index in [0.29, 0.717) is 12.1 Å². The molecule has 0 aromatic carbocycles. The van der Waals surface area contributed by atoms with E-state index in [0.717, 1.165) is 51.2 Å². The maximum atomic E-state index is 12.3. The highest BCUT2D eigenvalue weighted by Gasteiger charge is 2.27. The molecular weight excluding hydrogens is 292 g/mol. The lowest BCUT2D eigenvalue weighted by atomic mass is 9.95. The predicted octanol–water partition coefficient (Wildman–Crippen LogP) is 1.46. The standard InChI is InChI=1S/C17H22N4O2/c18-11-14-3-1-7-19-16(14)21-8-5-13(6-9-21)17(22)20-12-15-4-2-10-23-15/h1,3,7,13,15H,2,4-6,8-10,12H2,(H,20,22). The summed E-state index contributed by atoms with van der Waals surface area (Å²) in [4.78, 5) is 18.7. The molecule has 6 nitrogen and oxygen atoms in total. The molecule has 2 aliphatic rings. The van der Waals surface area contributed by atoms with Crippen LogP contribution in [0.3, 0.4) is 0 Å². The van der Waals surface area contributed by atoms with E-state index in [2.05, 4.69) is 21.3 Å². The van der Waals surface area contributed by atoms with Gasteiger partial charge in [-0.3, -0.25) is 4.79 Å². The third-order valence-electron chi connectivity index (χ3n) is 4.60. The van der Waals surface area contributed by atoms with Gasteiger partial charge >= 0.3 is 0 Å². The lowest BCUT2D eigenvalue weighted by Gasteiger charge is -2.32. The Morgan fingerprint density at radius 3 is 2.96 bits per heavy atom. The Bertz CT molecular complexity index is 585. The van der Waals surface area contributed by atoms with E-state index in [1.807, 2.05) is 0 Å². The number of anilines is 1. The van der Waals surface area contributed by atoms with E-state index in [-0.39, 0.29) is 17.9 Å². The summed E-state index contributed by atoms with van der Waals surface area (Å²) in [6.07, 6.45) is 5.60. The molecule has 1 unspecified atom stereocenters. The number of ether oxygens (including phenoxy) is 1. The molecule has 0 aliphatic carbocycles. The van der Waals surface area contributed by atoms with E-state index < -0.39 is 0 Å². The van der Waals surface area contributed by atoms with Gasteiger partial charge in [0, 0.05) is 38.4 Å². The maximum absolute atomic E-state index is 12.3. The number of nitrogens with one attached hydrogen (secondary N) is 1. The van der Waals surface area contributed by atoms with E-state index >= 15 is 0 Å². The van der Waals surface area contributed by atoms with Crippen LogP contribution in [0.2, 0.25) is 0 Å². The van der Waals surface area contributed by atoms with Crippen LogP contribution in [0.5, 0.6) is 0 Å². The number of carbonyl (C=O) groups is 1. The van der Waals surface area contributed by atoms with Crippen LogP contribution in [0.15, 0.2) is 18.3 Å². The fourth-order valence-corrected chi connectivity index (χ4v) is 3.25. The molecule has 1 atom stereocenters. The van der Waals surface area contributed by atoms with Gasteiger partial charge in [0.2, 0.25) is 5.91 Å². The highest BCUT2D eigenvalue weighted by atomic mass is 16.5. The van der Waals surface area contributed by atoms with E-state index in [4.69, 9.17) is 4.74 Å². The first kappa shape index (κ1) is 15.8. The Morgan fingerprint density at radius 1 is 1.43 bits per heavy atom. The van der Waals surface area contributed by atoms with Gasteiger partial charge in [-0.25, -0.2) is 4.98 Å². The molecule has 3 heterocycles. The van der Waals surface area contributed by atoms with Crippen molar-refractivity contribution in [3.05, 3.63) is 23.9 Å². The smallest absolute Gasteiger partial charge is 0.223 e. The molecule has 0 radical (unpaired) electrons.